The highest BCUT2D eigenvalue weighted by Crippen LogP contribution is 2.30. The number of fused-ring (bicyclic) bond motifs is 1. The second kappa shape index (κ2) is 5.73. The highest BCUT2D eigenvalue weighted by Gasteiger charge is 2.13. The molecule has 0 amide bonds. The van der Waals surface area contributed by atoms with Crippen molar-refractivity contribution in [2.24, 2.45) is 0 Å². The van der Waals surface area contributed by atoms with Crippen molar-refractivity contribution in [1.82, 2.24) is 14.5 Å². The zero-order valence-corrected chi connectivity index (χ0v) is 12.1. The standard InChI is InChI=1S/C15H11N5O3/c1-2-23-14-6-15(19-8-10(7-16)17-9-19)18-13-4-3-11(20(21)22)5-12(13)14/h3-6,8-9H,2H2,1H3. The number of nitro groups is 1. The summed E-state index contributed by atoms with van der Waals surface area (Å²) in [5, 5.41) is 20.4. The average molecular weight is 309 g/mol. The number of nitro benzene ring substituents is 1. The molecule has 0 aliphatic carbocycles. The molecule has 0 unspecified atom stereocenters. The van der Waals surface area contributed by atoms with Gasteiger partial charge in [0.05, 0.1) is 17.0 Å². The topological polar surface area (TPSA) is 107 Å². The normalized spacial score (nSPS) is 10.4. The largest absolute Gasteiger partial charge is 0.493 e. The van der Waals surface area contributed by atoms with Crippen LogP contribution in [0, 0.1) is 21.4 Å². The first-order chi connectivity index (χ1) is 11.1. The molecule has 8 heteroatoms. The fourth-order valence-electron chi connectivity index (χ4n) is 2.20. The van der Waals surface area contributed by atoms with Crippen molar-refractivity contribution in [3.63, 3.8) is 0 Å². The van der Waals surface area contributed by atoms with Gasteiger partial charge in [0, 0.05) is 29.8 Å². The lowest BCUT2D eigenvalue weighted by Crippen LogP contribution is -2.00. The highest BCUT2D eigenvalue weighted by molar-refractivity contribution is 5.88. The van der Waals surface area contributed by atoms with Gasteiger partial charge in [0.2, 0.25) is 0 Å². The van der Waals surface area contributed by atoms with E-state index >= 15 is 0 Å². The molecule has 0 spiro atoms. The molecule has 0 radical (unpaired) electrons. The Labute approximate surface area is 130 Å². The molecule has 0 aliphatic heterocycles. The fourth-order valence-corrected chi connectivity index (χ4v) is 2.20. The molecule has 8 nitrogen and oxygen atoms in total. The number of rotatable bonds is 4. The number of hydrogen-bond donors (Lipinski definition) is 0. The van der Waals surface area contributed by atoms with Gasteiger partial charge in [0.25, 0.3) is 5.69 Å². The zero-order chi connectivity index (χ0) is 16.4. The Kier molecular flexibility index (Phi) is 3.60. The number of nitrogens with zero attached hydrogens (tertiary/aromatic N) is 5. The Morgan fingerprint density at radius 2 is 2.26 bits per heavy atom. The van der Waals surface area contributed by atoms with Gasteiger partial charge in [-0.1, -0.05) is 0 Å². The SMILES string of the molecule is CCOc1cc(-n2cnc(C#N)c2)nc2ccc([N+](=O)[O-])cc12. The number of ether oxygens (including phenoxy) is 1. The van der Waals surface area contributed by atoms with Gasteiger partial charge in [-0.05, 0) is 13.0 Å². The molecular weight excluding hydrogens is 298 g/mol. The van der Waals surface area contributed by atoms with Crippen LogP contribution in [0.15, 0.2) is 36.8 Å². The summed E-state index contributed by atoms with van der Waals surface area (Å²) in [5.41, 5.74) is 0.805. The van der Waals surface area contributed by atoms with Gasteiger partial charge in [-0.25, -0.2) is 9.97 Å². The molecule has 3 aromatic rings. The van der Waals surface area contributed by atoms with Crippen LogP contribution in [-0.4, -0.2) is 26.1 Å². The third kappa shape index (κ3) is 2.67. The smallest absolute Gasteiger partial charge is 0.270 e. The Hall–Kier alpha value is -3.47. The van der Waals surface area contributed by atoms with Crippen LogP contribution in [0.1, 0.15) is 12.6 Å². The van der Waals surface area contributed by atoms with Crippen LogP contribution in [0.3, 0.4) is 0 Å². The second-order valence-corrected chi connectivity index (χ2v) is 4.65. The molecule has 0 saturated heterocycles. The molecule has 23 heavy (non-hydrogen) atoms. The van der Waals surface area contributed by atoms with E-state index in [2.05, 4.69) is 9.97 Å². The molecule has 1 aromatic carbocycles. The number of nitriles is 1. The number of benzene rings is 1. The minimum absolute atomic E-state index is 0.0256. The van der Waals surface area contributed by atoms with Crippen molar-refractivity contribution in [3.05, 3.63) is 52.6 Å². The summed E-state index contributed by atoms with van der Waals surface area (Å²) < 4.78 is 7.19. The van der Waals surface area contributed by atoms with Gasteiger partial charge in [0.15, 0.2) is 5.69 Å². The quantitative estimate of drug-likeness (QED) is 0.541. The molecule has 2 heterocycles. The number of non-ortho nitro benzene ring substituents is 1. The van der Waals surface area contributed by atoms with E-state index in [1.807, 2.05) is 13.0 Å². The van der Waals surface area contributed by atoms with E-state index in [-0.39, 0.29) is 11.4 Å². The average Bonchev–Trinajstić information content (AvgIpc) is 3.03. The van der Waals surface area contributed by atoms with E-state index in [4.69, 9.17) is 10.00 Å². The summed E-state index contributed by atoms with van der Waals surface area (Å²) in [6, 6.07) is 8.01. The molecule has 114 valence electrons. The van der Waals surface area contributed by atoms with Gasteiger partial charge >= 0.3 is 0 Å². The van der Waals surface area contributed by atoms with Gasteiger partial charge in [-0.2, -0.15) is 5.26 Å². The molecule has 0 aliphatic rings. The van der Waals surface area contributed by atoms with Crippen LogP contribution in [0.2, 0.25) is 0 Å². The lowest BCUT2D eigenvalue weighted by Gasteiger charge is -2.10. The van der Waals surface area contributed by atoms with Gasteiger partial charge in [-0.3, -0.25) is 14.7 Å². The molecule has 0 atom stereocenters. The van der Waals surface area contributed by atoms with E-state index in [1.165, 1.54) is 18.5 Å². The highest BCUT2D eigenvalue weighted by atomic mass is 16.6. The maximum Gasteiger partial charge on any atom is 0.270 e. The first-order valence-corrected chi connectivity index (χ1v) is 6.79. The summed E-state index contributed by atoms with van der Waals surface area (Å²) in [6.45, 7) is 2.24. The molecule has 0 fully saturated rings. The summed E-state index contributed by atoms with van der Waals surface area (Å²) in [7, 11) is 0. The summed E-state index contributed by atoms with van der Waals surface area (Å²) in [5.74, 6) is 1.01. The molecular formula is C15H11N5O3. The molecule has 0 bridgehead atoms. The Balaban J connectivity index is 2.20. The summed E-state index contributed by atoms with van der Waals surface area (Å²) in [4.78, 5) is 18.9. The van der Waals surface area contributed by atoms with Crippen LogP contribution >= 0.6 is 0 Å². The van der Waals surface area contributed by atoms with E-state index in [1.54, 1.807) is 22.9 Å². The van der Waals surface area contributed by atoms with Crippen molar-refractivity contribution in [1.29, 1.82) is 5.26 Å². The minimum Gasteiger partial charge on any atom is -0.493 e. The van der Waals surface area contributed by atoms with Crippen LogP contribution < -0.4 is 4.74 Å². The fraction of sp³-hybridized carbons (Fsp3) is 0.133. The molecule has 0 saturated carbocycles. The minimum atomic E-state index is -0.460. The van der Waals surface area contributed by atoms with Crippen LogP contribution in [0.4, 0.5) is 5.69 Å². The summed E-state index contributed by atoms with van der Waals surface area (Å²) >= 11 is 0. The maximum absolute atomic E-state index is 10.9. The number of hydrogen-bond acceptors (Lipinski definition) is 6. The third-order valence-corrected chi connectivity index (χ3v) is 3.21. The zero-order valence-electron chi connectivity index (χ0n) is 12.1. The van der Waals surface area contributed by atoms with E-state index in [9.17, 15) is 10.1 Å². The van der Waals surface area contributed by atoms with Crippen molar-refractivity contribution >= 4 is 16.6 Å². The number of pyridine rings is 1. The molecule has 2 aromatic heterocycles. The van der Waals surface area contributed by atoms with Crippen molar-refractivity contribution < 1.29 is 9.66 Å². The summed E-state index contributed by atoms with van der Waals surface area (Å²) in [6.07, 6.45) is 3.03. The molecule has 0 N–H and O–H groups in total. The van der Waals surface area contributed by atoms with Crippen molar-refractivity contribution in [2.75, 3.05) is 6.61 Å². The number of aromatic nitrogens is 3. The van der Waals surface area contributed by atoms with E-state index in [0.29, 0.717) is 29.1 Å². The lowest BCUT2D eigenvalue weighted by molar-refractivity contribution is -0.384. The Bertz CT molecular complexity index is 942. The van der Waals surface area contributed by atoms with Gasteiger partial charge in [0.1, 0.15) is 24.0 Å². The lowest BCUT2D eigenvalue weighted by atomic mass is 10.2. The predicted octanol–water partition coefficient (Wildman–Crippen LogP) is 2.60. The maximum atomic E-state index is 10.9. The van der Waals surface area contributed by atoms with Crippen LogP contribution in [0.5, 0.6) is 5.75 Å². The van der Waals surface area contributed by atoms with Crippen LogP contribution in [0.25, 0.3) is 16.7 Å². The Morgan fingerprint density at radius 1 is 1.43 bits per heavy atom. The molecule has 3 rings (SSSR count). The van der Waals surface area contributed by atoms with E-state index in [0.717, 1.165) is 0 Å². The third-order valence-electron chi connectivity index (χ3n) is 3.21. The van der Waals surface area contributed by atoms with Crippen molar-refractivity contribution in [2.45, 2.75) is 6.92 Å². The first kappa shape index (κ1) is 14.5. The monoisotopic (exact) mass is 309 g/mol. The van der Waals surface area contributed by atoms with Crippen molar-refractivity contribution in [3.8, 4) is 17.6 Å². The van der Waals surface area contributed by atoms with Crippen LogP contribution in [-0.2, 0) is 0 Å². The predicted molar refractivity (Wildman–Crippen MR) is 81.4 cm³/mol. The Morgan fingerprint density at radius 3 is 2.91 bits per heavy atom. The first-order valence-electron chi connectivity index (χ1n) is 6.79. The van der Waals surface area contributed by atoms with Gasteiger partial charge < -0.3 is 4.74 Å². The second-order valence-electron chi connectivity index (χ2n) is 4.65. The van der Waals surface area contributed by atoms with E-state index < -0.39 is 4.92 Å². The number of imidazole rings is 1. The van der Waals surface area contributed by atoms with Gasteiger partial charge in [-0.15, -0.1) is 0 Å².